The first-order valence-electron chi connectivity index (χ1n) is 8.55. The molecule has 0 atom stereocenters. The number of ether oxygens (including phenoxy) is 1. The fraction of sp³-hybridized carbons (Fsp3) is 0.286. The summed E-state index contributed by atoms with van der Waals surface area (Å²) >= 11 is 6.11. The van der Waals surface area contributed by atoms with E-state index in [4.69, 9.17) is 20.8 Å². The fourth-order valence-corrected chi connectivity index (χ4v) is 3.19. The van der Waals surface area contributed by atoms with Gasteiger partial charge in [-0.25, -0.2) is 4.79 Å². The van der Waals surface area contributed by atoms with Crippen molar-refractivity contribution in [1.82, 2.24) is 4.90 Å². The summed E-state index contributed by atoms with van der Waals surface area (Å²) in [5.41, 5.74) is 2.26. The van der Waals surface area contributed by atoms with Gasteiger partial charge in [-0.05, 0) is 49.2 Å². The first-order chi connectivity index (χ1) is 12.5. The first-order valence-corrected chi connectivity index (χ1v) is 8.93. The van der Waals surface area contributed by atoms with Crippen molar-refractivity contribution in [3.8, 4) is 5.75 Å². The maximum atomic E-state index is 12.0. The maximum absolute atomic E-state index is 12.0. The van der Waals surface area contributed by atoms with E-state index in [-0.39, 0.29) is 5.63 Å². The molecule has 0 saturated heterocycles. The molecular formula is C21H22ClNO3. The highest BCUT2D eigenvalue weighted by atomic mass is 35.5. The van der Waals surface area contributed by atoms with Gasteiger partial charge in [0.1, 0.15) is 11.3 Å². The number of methoxy groups -OCH3 is 1. The average molecular weight is 372 g/mol. The molecule has 0 bridgehead atoms. The van der Waals surface area contributed by atoms with E-state index in [0.717, 1.165) is 28.1 Å². The van der Waals surface area contributed by atoms with Gasteiger partial charge in [0.15, 0.2) is 0 Å². The molecule has 136 valence electrons. The van der Waals surface area contributed by atoms with Gasteiger partial charge in [-0.1, -0.05) is 23.7 Å². The molecule has 0 radical (unpaired) electrons. The Balaban J connectivity index is 1.95. The summed E-state index contributed by atoms with van der Waals surface area (Å²) in [5, 5.41) is 1.64. The Labute approximate surface area is 158 Å². The van der Waals surface area contributed by atoms with Gasteiger partial charge >= 0.3 is 5.63 Å². The molecular weight excluding hydrogens is 350 g/mol. The summed E-state index contributed by atoms with van der Waals surface area (Å²) in [6, 6.07) is 15.3. The standard InChI is InChI=1S/C21H22ClNO3/c1-14(2)23(12-15-5-4-6-17(22)9-15)13-16-10-21(24)26-20-11-18(25-3)7-8-19(16)20/h4-11,14H,12-13H2,1-3H3. The van der Waals surface area contributed by atoms with Crippen LogP contribution in [0, 0.1) is 0 Å². The minimum absolute atomic E-state index is 0.300. The van der Waals surface area contributed by atoms with Crippen molar-refractivity contribution < 1.29 is 9.15 Å². The third kappa shape index (κ3) is 4.26. The van der Waals surface area contributed by atoms with Gasteiger partial charge in [0.05, 0.1) is 7.11 Å². The lowest BCUT2D eigenvalue weighted by atomic mass is 10.1. The van der Waals surface area contributed by atoms with Gasteiger partial charge < -0.3 is 9.15 Å². The molecule has 4 nitrogen and oxygen atoms in total. The number of benzene rings is 2. The predicted octanol–water partition coefficient (Wildman–Crippen LogP) is 4.87. The lowest BCUT2D eigenvalue weighted by Crippen LogP contribution is -2.30. The van der Waals surface area contributed by atoms with Gasteiger partial charge in [-0.3, -0.25) is 4.90 Å². The van der Waals surface area contributed by atoms with Crippen molar-refractivity contribution >= 4 is 22.6 Å². The number of halogens is 1. The Bertz CT molecular complexity index is 965. The number of hydrogen-bond donors (Lipinski definition) is 0. The Morgan fingerprint density at radius 2 is 1.92 bits per heavy atom. The number of nitrogens with zero attached hydrogens (tertiary/aromatic N) is 1. The van der Waals surface area contributed by atoms with E-state index in [2.05, 4.69) is 24.8 Å². The molecule has 2 aromatic carbocycles. The molecule has 0 fully saturated rings. The lowest BCUT2D eigenvalue weighted by Gasteiger charge is -2.27. The Morgan fingerprint density at radius 3 is 2.62 bits per heavy atom. The normalized spacial score (nSPS) is 11.5. The van der Waals surface area contributed by atoms with Crippen LogP contribution < -0.4 is 10.4 Å². The zero-order valence-electron chi connectivity index (χ0n) is 15.2. The van der Waals surface area contributed by atoms with Crippen LogP contribution in [-0.2, 0) is 13.1 Å². The minimum Gasteiger partial charge on any atom is -0.497 e. The van der Waals surface area contributed by atoms with E-state index in [1.54, 1.807) is 19.2 Å². The van der Waals surface area contributed by atoms with Crippen LogP contribution >= 0.6 is 11.6 Å². The van der Waals surface area contributed by atoms with Crippen molar-refractivity contribution in [2.24, 2.45) is 0 Å². The van der Waals surface area contributed by atoms with Crippen LogP contribution in [0.15, 0.2) is 57.7 Å². The van der Waals surface area contributed by atoms with E-state index in [9.17, 15) is 4.79 Å². The van der Waals surface area contributed by atoms with E-state index < -0.39 is 0 Å². The summed E-state index contributed by atoms with van der Waals surface area (Å²) in [6.07, 6.45) is 0. The maximum Gasteiger partial charge on any atom is 0.336 e. The number of hydrogen-bond acceptors (Lipinski definition) is 4. The summed E-state index contributed by atoms with van der Waals surface area (Å²) in [6.45, 7) is 5.66. The van der Waals surface area contributed by atoms with Gasteiger partial charge in [-0.15, -0.1) is 0 Å². The molecule has 0 aliphatic carbocycles. The first kappa shape index (κ1) is 18.5. The van der Waals surface area contributed by atoms with Gasteiger partial charge in [0.25, 0.3) is 0 Å². The molecule has 0 amide bonds. The SMILES string of the molecule is COc1ccc2c(CN(Cc3cccc(Cl)c3)C(C)C)cc(=O)oc2c1. The fourth-order valence-electron chi connectivity index (χ4n) is 2.98. The summed E-state index contributed by atoms with van der Waals surface area (Å²) in [5.74, 6) is 0.664. The number of fused-ring (bicyclic) bond motifs is 1. The topological polar surface area (TPSA) is 42.7 Å². The van der Waals surface area contributed by atoms with Crippen LogP contribution in [-0.4, -0.2) is 18.1 Å². The molecule has 0 saturated carbocycles. The van der Waals surface area contributed by atoms with Crippen LogP contribution in [0.25, 0.3) is 11.0 Å². The Morgan fingerprint density at radius 1 is 1.12 bits per heavy atom. The summed E-state index contributed by atoms with van der Waals surface area (Å²) in [7, 11) is 1.59. The third-order valence-electron chi connectivity index (χ3n) is 4.42. The summed E-state index contributed by atoms with van der Waals surface area (Å²) < 4.78 is 10.6. The van der Waals surface area contributed by atoms with E-state index in [1.165, 1.54) is 0 Å². The average Bonchev–Trinajstić information content (AvgIpc) is 2.60. The molecule has 0 aliphatic heterocycles. The Kier molecular flexibility index (Phi) is 5.64. The van der Waals surface area contributed by atoms with Crippen LogP contribution in [0.5, 0.6) is 5.75 Å². The molecule has 0 spiro atoms. The second kappa shape index (κ2) is 7.94. The van der Waals surface area contributed by atoms with Gasteiger partial charge in [-0.2, -0.15) is 0 Å². The van der Waals surface area contributed by atoms with Gasteiger partial charge in [0.2, 0.25) is 0 Å². The van der Waals surface area contributed by atoms with Crippen LogP contribution in [0.1, 0.15) is 25.0 Å². The van der Waals surface area contributed by atoms with E-state index in [1.807, 2.05) is 30.3 Å². The van der Waals surface area contributed by atoms with Crippen molar-refractivity contribution in [3.05, 3.63) is 75.1 Å². The molecule has 5 heteroatoms. The quantitative estimate of drug-likeness (QED) is 0.580. The van der Waals surface area contributed by atoms with Crippen molar-refractivity contribution in [3.63, 3.8) is 0 Å². The summed E-state index contributed by atoms with van der Waals surface area (Å²) in [4.78, 5) is 14.3. The zero-order valence-corrected chi connectivity index (χ0v) is 15.9. The molecule has 1 aromatic heterocycles. The molecule has 0 aliphatic rings. The van der Waals surface area contributed by atoms with E-state index in [0.29, 0.717) is 23.9 Å². The molecule has 0 N–H and O–H groups in total. The second-order valence-electron chi connectivity index (χ2n) is 6.58. The van der Waals surface area contributed by atoms with Crippen molar-refractivity contribution in [2.45, 2.75) is 33.0 Å². The largest absolute Gasteiger partial charge is 0.497 e. The molecule has 3 rings (SSSR count). The monoisotopic (exact) mass is 371 g/mol. The van der Waals surface area contributed by atoms with Crippen molar-refractivity contribution in [2.75, 3.05) is 7.11 Å². The highest BCUT2D eigenvalue weighted by Gasteiger charge is 2.15. The second-order valence-corrected chi connectivity index (χ2v) is 7.02. The lowest BCUT2D eigenvalue weighted by molar-refractivity contribution is 0.204. The molecule has 1 heterocycles. The minimum atomic E-state index is -0.354. The Hall–Kier alpha value is -2.30. The smallest absolute Gasteiger partial charge is 0.336 e. The number of rotatable bonds is 6. The molecule has 3 aromatic rings. The van der Waals surface area contributed by atoms with Crippen molar-refractivity contribution in [1.29, 1.82) is 0 Å². The molecule has 0 unspecified atom stereocenters. The van der Waals surface area contributed by atoms with Crippen LogP contribution in [0.4, 0.5) is 0 Å². The van der Waals surface area contributed by atoms with E-state index >= 15 is 0 Å². The van der Waals surface area contributed by atoms with Crippen LogP contribution in [0.2, 0.25) is 5.02 Å². The highest BCUT2D eigenvalue weighted by Crippen LogP contribution is 2.24. The zero-order chi connectivity index (χ0) is 18.7. The predicted molar refractivity (Wildman–Crippen MR) is 105 cm³/mol. The third-order valence-corrected chi connectivity index (χ3v) is 4.65. The highest BCUT2D eigenvalue weighted by molar-refractivity contribution is 6.30. The van der Waals surface area contributed by atoms with Gasteiger partial charge in [0, 0.05) is 41.7 Å². The molecule has 26 heavy (non-hydrogen) atoms. The van der Waals surface area contributed by atoms with Crippen LogP contribution in [0.3, 0.4) is 0 Å².